The number of para-hydroxylation sites is 1. The first-order chi connectivity index (χ1) is 14.5. The highest BCUT2D eigenvalue weighted by molar-refractivity contribution is 9.10. The van der Waals surface area contributed by atoms with Crippen LogP contribution in [0.1, 0.15) is 60.2 Å². The highest BCUT2D eigenvalue weighted by Crippen LogP contribution is 2.27. The molecule has 30 heavy (non-hydrogen) atoms. The maximum atomic E-state index is 12.9. The van der Waals surface area contributed by atoms with E-state index < -0.39 is 0 Å². The molecule has 2 aromatic carbocycles. The van der Waals surface area contributed by atoms with Gasteiger partial charge in [0.25, 0.3) is 11.8 Å². The Bertz CT molecular complexity index is 892. The number of rotatable bonds is 7. The Morgan fingerprint density at radius 1 is 1.10 bits per heavy atom. The normalized spacial score (nSPS) is 13.9. The SMILES string of the molecule is CC(C)CCOc1ccc(C(=O)Nc2ccccc2C(=O)N2CCCCC2)cc1Br. The molecule has 5 nitrogen and oxygen atoms in total. The minimum atomic E-state index is -0.261. The predicted molar refractivity (Wildman–Crippen MR) is 123 cm³/mol. The number of anilines is 1. The summed E-state index contributed by atoms with van der Waals surface area (Å²) in [5.74, 6) is 0.999. The molecule has 0 aromatic heterocycles. The van der Waals surface area contributed by atoms with E-state index in [0.717, 1.165) is 43.2 Å². The first-order valence-corrected chi connectivity index (χ1v) is 11.4. The van der Waals surface area contributed by atoms with Gasteiger partial charge >= 0.3 is 0 Å². The molecule has 1 heterocycles. The van der Waals surface area contributed by atoms with Crippen LogP contribution < -0.4 is 10.1 Å². The fourth-order valence-corrected chi connectivity index (χ4v) is 3.90. The van der Waals surface area contributed by atoms with E-state index in [1.54, 1.807) is 30.3 Å². The summed E-state index contributed by atoms with van der Waals surface area (Å²) in [5, 5.41) is 2.90. The van der Waals surface area contributed by atoms with Gasteiger partial charge < -0.3 is 15.0 Å². The summed E-state index contributed by atoms with van der Waals surface area (Å²) in [6, 6.07) is 12.5. The number of amides is 2. The van der Waals surface area contributed by atoms with Gasteiger partial charge in [-0.2, -0.15) is 0 Å². The van der Waals surface area contributed by atoms with Gasteiger partial charge in [-0.3, -0.25) is 9.59 Å². The minimum absolute atomic E-state index is 0.0271. The molecule has 1 N–H and O–H groups in total. The van der Waals surface area contributed by atoms with E-state index in [2.05, 4.69) is 35.1 Å². The zero-order chi connectivity index (χ0) is 21.5. The Morgan fingerprint density at radius 3 is 2.53 bits per heavy atom. The van der Waals surface area contributed by atoms with Crippen LogP contribution in [-0.4, -0.2) is 36.4 Å². The van der Waals surface area contributed by atoms with Crippen molar-refractivity contribution in [3.8, 4) is 5.75 Å². The molecule has 0 atom stereocenters. The van der Waals surface area contributed by atoms with Crippen LogP contribution in [0.5, 0.6) is 5.75 Å². The molecule has 3 rings (SSSR count). The summed E-state index contributed by atoms with van der Waals surface area (Å²) in [4.78, 5) is 27.6. The average molecular weight is 473 g/mol. The summed E-state index contributed by atoms with van der Waals surface area (Å²) in [6.07, 6.45) is 4.19. The smallest absolute Gasteiger partial charge is 0.255 e. The number of benzene rings is 2. The van der Waals surface area contributed by atoms with Crippen molar-refractivity contribution in [2.75, 3.05) is 25.0 Å². The van der Waals surface area contributed by atoms with Crippen LogP contribution >= 0.6 is 15.9 Å². The molecule has 0 aliphatic carbocycles. The van der Waals surface area contributed by atoms with Crippen molar-refractivity contribution in [1.82, 2.24) is 4.90 Å². The minimum Gasteiger partial charge on any atom is -0.492 e. The number of halogens is 1. The maximum absolute atomic E-state index is 12.9. The van der Waals surface area contributed by atoms with Gasteiger partial charge in [0.05, 0.1) is 22.3 Å². The summed E-state index contributed by atoms with van der Waals surface area (Å²) in [6.45, 7) is 6.48. The van der Waals surface area contributed by atoms with E-state index in [1.165, 1.54) is 0 Å². The van der Waals surface area contributed by atoms with Crippen molar-refractivity contribution in [2.24, 2.45) is 5.92 Å². The monoisotopic (exact) mass is 472 g/mol. The lowest BCUT2D eigenvalue weighted by Crippen LogP contribution is -2.36. The van der Waals surface area contributed by atoms with Gasteiger partial charge in [0.15, 0.2) is 0 Å². The van der Waals surface area contributed by atoms with Gasteiger partial charge in [0, 0.05) is 18.7 Å². The maximum Gasteiger partial charge on any atom is 0.255 e. The van der Waals surface area contributed by atoms with E-state index in [-0.39, 0.29) is 11.8 Å². The highest BCUT2D eigenvalue weighted by atomic mass is 79.9. The number of likely N-dealkylation sites (tertiary alicyclic amines) is 1. The number of hydrogen-bond acceptors (Lipinski definition) is 3. The first kappa shape index (κ1) is 22.3. The largest absolute Gasteiger partial charge is 0.492 e. The van der Waals surface area contributed by atoms with E-state index in [4.69, 9.17) is 4.74 Å². The van der Waals surface area contributed by atoms with Crippen LogP contribution in [0.2, 0.25) is 0 Å². The van der Waals surface area contributed by atoms with Gasteiger partial charge in [-0.25, -0.2) is 0 Å². The molecule has 0 saturated carbocycles. The van der Waals surface area contributed by atoms with Crippen molar-refractivity contribution in [1.29, 1.82) is 0 Å². The summed E-state index contributed by atoms with van der Waals surface area (Å²) in [7, 11) is 0. The van der Waals surface area contributed by atoms with Crippen LogP contribution in [-0.2, 0) is 0 Å². The molecular weight excluding hydrogens is 444 g/mol. The number of hydrogen-bond donors (Lipinski definition) is 1. The molecular formula is C24H29BrN2O3. The molecule has 1 fully saturated rings. The number of carbonyl (C=O) groups excluding carboxylic acids is 2. The lowest BCUT2D eigenvalue weighted by molar-refractivity contribution is 0.0725. The van der Waals surface area contributed by atoms with Crippen molar-refractivity contribution < 1.29 is 14.3 Å². The number of ether oxygens (including phenoxy) is 1. The number of nitrogens with zero attached hydrogens (tertiary/aromatic N) is 1. The molecule has 0 bridgehead atoms. The van der Waals surface area contributed by atoms with Crippen molar-refractivity contribution >= 4 is 33.4 Å². The Morgan fingerprint density at radius 2 is 1.83 bits per heavy atom. The molecule has 0 unspecified atom stereocenters. The second-order valence-electron chi connectivity index (χ2n) is 8.03. The second-order valence-corrected chi connectivity index (χ2v) is 8.88. The van der Waals surface area contributed by atoms with Crippen LogP contribution in [0.25, 0.3) is 0 Å². The zero-order valence-corrected chi connectivity index (χ0v) is 19.2. The third kappa shape index (κ3) is 5.85. The van der Waals surface area contributed by atoms with E-state index >= 15 is 0 Å². The Hall–Kier alpha value is -2.34. The van der Waals surface area contributed by atoms with Gasteiger partial charge in [0.1, 0.15) is 5.75 Å². The molecule has 1 saturated heterocycles. The summed E-state index contributed by atoms with van der Waals surface area (Å²) >= 11 is 3.49. The summed E-state index contributed by atoms with van der Waals surface area (Å²) < 4.78 is 6.52. The third-order valence-corrected chi connectivity index (χ3v) is 5.82. The molecule has 160 valence electrons. The number of piperidine rings is 1. The predicted octanol–water partition coefficient (Wildman–Crippen LogP) is 5.75. The Kier molecular flexibility index (Phi) is 7.91. The number of nitrogens with one attached hydrogen (secondary N) is 1. The molecule has 6 heteroatoms. The van der Waals surface area contributed by atoms with E-state index in [0.29, 0.717) is 35.1 Å². The fraction of sp³-hybridized carbons (Fsp3) is 0.417. The van der Waals surface area contributed by atoms with Crippen LogP contribution in [0.4, 0.5) is 5.69 Å². The molecule has 1 aliphatic rings. The van der Waals surface area contributed by atoms with Gasteiger partial charge in [-0.05, 0) is 77.9 Å². The quantitative estimate of drug-likeness (QED) is 0.557. The lowest BCUT2D eigenvalue weighted by atomic mass is 10.1. The Balaban J connectivity index is 1.70. The second kappa shape index (κ2) is 10.6. The fourth-order valence-electron chi connectivity index (χ4n) is 3.40. The van der Waals surface area contributed by atoms with Gasteiger partial charge in [-0.15, -0.1) is 0 Å². The number of carbonyl (C=O) groups is 2. The van der Waals surface area contributed by atoms with Crippen molar-refractivity contribution in [3.63, 3.8) is 0 Å². The summed E-state index contributed by atoms with van der Waals surface area (Å²) in [5.41, 5.74) is 1.56. The highest BCUT2D eigenvalue weighted by Gasteiger charge is 2.21. The molecule has 1 aliphatic heterocycles. The third-order valence-electron chi connectivity index (χ3n) is 5.20. The van der Waals surface area contributed by atoms with Gasteiger partial charge in [-0.1, -0.05) is 26.0 Å². The van der Waals surface area contributed by atoms with Crippen molar-refractivity contribution in [2.45, 2.75) is 39.5 Å². The standard InChI is InChI=1S/C24H29BrN2O3/c1-17(2)12-15-30-22-11-10-18(16-20(22)25)23(28)26-21-9-5-4-8-19(21)24(29)27-13-6-3-7-14-27/h4-5,8-11,16-17H,3,6-7,12-15H2,1-2H3,(H,26,28). The molecule has 2 amide bonds. The molecule has 0 spiro atoms. The van der Waals surface area contributed by atoms with Gasteiger partial charge in [0.2, 0.25) is 0 Å². The van der Waals surface area contributed by atoms with E-state index in [1.807, 2.05) is 17.0 Å². The lowest BCUT2D eigenvalue weighted by Gasteiger charge is -2.27. The van der Waals surface area contributed by atoms with Crippen molar-refractivity contribution in [3.05, 3.63) is 58.1 Å². The van der Waals surface area contributed by atoms with Crippen LogP contribution in [0, 0.1) is 5.92 Å². The molecule has 2 aromatic rings. The zero-order valence-electron chi connectivity index (χ0n) is 17.6. The van der Waals surface area contributed by atoms with E-state index in [9.17, 15) is 9.59 Å². The van der Waals surface area contributed by atoms with Crippen LogP contribution in [0.15, 0.2) is 46.9 Å². The topological polar surface area (TPSA) is 58.6 Å². The van der Waals surface area contributed by atoms with Crippen LogP contribution in [0.3, 0.4) is 0 Å². The average Bonchev–Trinajstić information content (AvgIpc) is 2.75. The first-order valence-electron chi connectivity index (χ1n) is 10.6. The molecule has 0 radical (unpaired) electrons. The Labute approximate surface area is 186 Å².